The molecule has 2 aromatic carbocycles. The summed E-state index contributed by atoms with van der Waals surface area (Å²) >= 11 is 0. The zero-order chi connectivity index (χ0) is 24.2. The molecule has 0 fully saturated rings. The number of hydrogen-bond acceptors (Lipinski definition) is 6. The van der Waals surface area contributed by atoms with Gasteiger partial charge in [0.05, 0.1) is 26.7 Å². The van der Waals surface area contributed by atoms with Crippen molar-refractivity contribution in [3.8, 4) is 11.5 Å². The molecule has 0 bridgehead atoms. The molecule has 7 heteroatoms. The number of esters is 1. The Bertz CT molecular complexity index is 1230. The third kappa shape index (κ3) is 4.51. The number of nitrogens with one attached hydrogen (secondary N) is 1. The molecule has 1 aromatic heterocycles. The van der Waals surface area contributed by atoms with Crippen molar-refractivity contribution < 1.29 is 28.2 Å². The number of benzene rings is 2. The van der Waals surface area contributed by atoms with Crippen molar-refractivity contribution >= 4 is 22.8 Å². The monoisotopic (exact) mass is 463 g/mol. The Morgan fingerprint density at radius 1 is 1.12 bits per heavy atom. The maximum atomic E-state index is 13.0. The topological polar surface area (TPSA) is 87.0 Å². The average molecular weight is 464 g/mol. The van der Waals surface area contributed by atoms with Crippen LogP contribution in [0.15, 0.2) is 59.0 Å². The summed E-state index contributed by atoms with van der Waals surface area (Å²) in [5.41, 5.74) is 2.17. The van der Waals surface area contributed by atoms with Crippen LogP contribution in [-0.2, 0) is 9.53 Å². The highest BCUT2D eigenvalue weighted by molar-refractivity contribution is 5.99. The fraction of sp³-hybridized carbons (Fsp3) is 0.333. The number of aryl methyl sites for hydroxylation is 1. The number of carbonyl (C=O) groups is 2. The van der Waals surface area contributed by atoms with Crippen molar-refractivity contribution in [3.63, 3.8) is 0 Å². The molecular weight excluding hydrogens is 434 g/mol. The molecule has 3 aromatic rings. The Balaban J connectivity index is 1.55. The Kier molecular flexibility index (Phi) is 6.91. The van der Waals surface area contributed by atoms with Crippen molar-refractivity contribution in [2.45, 2.75) is 32.2 Å². The van der Waals surface area contributed by atoms with Crippen LogP contribution < -0.4 is 14.8 Å². The highest BCUT2D eigenvalue weighted by atomic mass is 16.5. The summed E-state index contributed by atoms with van der Waals surface area (Å²) in [5, 5.41) is 3.94. The zero-order valence-corrected chi connectivity index (χ0v) is 19.8. The molecule has 0 saturated carbocycles. The summed E-state index contributed by atoms with van der Waals surface area (Å²) in [6.07, 6.45) is 4.41. The van der Waals surface area contributed by atoms with E-state index in [0.29, 0.717) is 34.8 Å². The third-order valence-corrected chi connectivity index (χ3v) is 6.22. The smallest absolute Gasteiger partial charge is 0.314 e. The third-order valence-electron chi connectivity index (χ3n) is 6.22. The fourth-order valence-electron chi connectivity index (χ4n) is 4.55. The minimum absolute atomic E-state index is 0.192. The molecule has 1 aliphatic carbocycles. The minimum Gasteiger partial charge on any atom is -0.497 e. The maximum Gasteiger partial charge on any atom is 0.314 e. The quantitative estimate of drug-likeness (QED) is 0.382. The Labute approximate surface area is 198 Å². The lowest BCUT2D eigenvalue weighted by Gasteiger charge is -2.24. The normalized spacial score (nSPS) is 18.0. The molecule has 0 unspecified atom stereocenters. The van der Waals surface area contributed by atoms with Crippen molar-refractivity contribution in [1.29, 1.82) is 0 Å². The van der Waals surface area contributed by atoms with Gasteiger partial charge in [-0.05, 0) is 50.5 Å². The summed E-state index contributed by atoms with van der Waals surface area (Å²) < 4.78 is 22.1. The number of carbonyl (C=O) groups excluding carboxylic acids is 2. The number of methoxy groups -OCH3 is 2. The van der Waals surface area contributed by atoms with Crippen LogP contribution in [0.25, 0.3) is 11.0 Å². The number of fused-ring (bicyclic) bond motifs is 1. The van der Waals surface area contributed by atoms with E-state index in [4.69, 9.17) is 18.6 Å². The molecule has 4 rings (SSSR count). The van der Waals surface area contributed by atoms with E-state index >= 15 is 0 Å². The number of hydrogen-bond donors (Lipinski definition) is 1. The van der Waals surface area contributed by atoms with E-state index in [0.717, 1.165) is 10.9 Å². The first kappa shape index (κ1) is 23.4. The Morgan fingerprint density at radius 2 is 1.91 bits per heavy atom. The molecule has 1 amide bonds. The van der Waals surface area contributed by atoms with Crippen LogP contribution in [0, 0.1) is 12.8 Å². The van der Waals surface area contributed by atoms with Crippen LogP contribution in [0.4, 0.5) is 0 Å². The average Bonchev–Trinajstić information content (AvgIpc) is 3.43. The molecule has 34 heavy (non-hydrogen) atoms. The molecule has 1 N–H and O–H groups in total. The number of ether oxygens (including phenoxy) is 3. The largest absolute Gasteiger partial charge is 0.497 e. The summed E-state index contributed by atoms with van der Waals surface area (Å²) in [4.78, 5) is 26.0. The lowest BCUT2D eigenvalue weighted by molar-refractivity contribution is -0.146. The molecule has 1 aliphatic rings. The van der Waals surface area contributed by atoms with Crippen molar-refractivity contribution in [3.05, 3.63) is 71.5 Å². The van der Waals surface area contributed by atoms with Gasteiger partial charge in [-0.3, -0.25) is 9.59 Å². The van der Waals surface area contributed by atoms with Gasteiger partial charge < -0.3 is 23.9 Å². The second-order valence-corrected chi connectivity index (χ2v) is 8.25. The van der Waals surface area contributed by atoms with E-state index in [9.17, 15) is 9.59 Å². The van der Waals surface area contributed by atoms with E-state index in [-0.39, 0.29) is 30.4 Å². The first-order valence-corrected chi connectivity index (χ1v) is 11.3. The molecule has 0 saturated heterocycles. The second kappa shape index (κ2) is 10.0. The number of amides is 1. The minimum atomic E-state index is -0.601. The maximum absolute atomic E-state index is 13.0. The predicted octanol–water partition coefficient (Wildman–Crippen LogP) is 4.78. The fourth-order valence-corrected chi connectivity index (χ4v) is 4.55. The van der Waals surface area contributed by atoms with Crippen molar-refractivity contribution in [2.75, 3.05) is 20.8 Å². The standard InChI is InChI=1S/C27H29NO6/c1-5-33-27(30)24(21-15-19(31-3)12-13-22(21)32-4)17-10-11-18(14-17)28-26(29)25-16(2)20-8-6-7-9-23(20)34-25/h6-13,15,17-18,24H,5,14H2,1-4H3,(H,28,29)/t17-,18+,24+/m1/s1. The lowest BCUT2D eigenvalue weighted by atomic mass is 9.84. The molecule has 3 atom stereocenters. The summed E-state index contributed by atoms with van der Waals surface area (Å²) in [5.74, 6) is 0.0852. The van der Waals surface area contributed by atoms with Gasteiger partial charge in [-0.25, -0.2) is 0 Å². The van der Waals surface area contributed by atoms with E-state index in [1.165, 1.54) is 0 Å². The van der Waals surface area contributed by atoms with Crippen LogP contribution in [0.3, 0.4) is 0 Å². The van der Waals surface area contributed by atoms with Gasteiger partial charge in [0, 0.05) is 22.6 Å². The number of allylic oxidation sites excluding steroid dienone is 1. The van der Waals surface area contributed by atoms with Gasteiger partial charge >= 0.3 is 5.97 Å². The van der Waals surface area contributed by atoms with Crippen molar-refractivity contribution in [1.82, 2.24) is 5.32 Å². The van der Waals surface area contributed by atoms with Gasteiger partial charge in [-0.1, -0.05) is 30.4 Å². The van der Waals surface area contributed by atoms with Gasteiger partial charge in [0.25, 0.3) is 5.91 Å². The highest BCUT2D eigenvalue weighted by Crippen LogP contribution is 2.40. The van der Waals surface area contributed by atoms with E-state index in [1.807, 2.05) is 43.3 Å². The van der Waals surface area contributed by atoms with Crippen LogP contribution in [0.1, 0.15) is 40.9 Å². The number of rotatable bonds is 8. The molecule has 0 radical (unpaired) electrons. The van der Waals surface area contributed by atoms with Gasteiger partial charge in [-0.15, -0.1) is 0 Å². The van der Waals surface area contributed by atoms with Crippen LogP contribution in [-0.4, -0.2) is 38.7 Å². The van der Waals surface area contributed by atoms with E-state index in [1.54, 1.807) is 39.3 Å². The van der Waals surface area contributed by atoms with Crippen LogP contribution in [0.2, 0.25) is 0 Å². The Morgan fingerprint density at radius 3 is 2.62 bits per heavy atom. The molecule has 1 heterocycles. The Hall–Kier alpha value is -3.74. The predicted molar refractivity (Wildman–Crippen MR) is 128 cm³/mol. The van der Waals surface area contributed by atoms with E-state index < -0.39 is 5.92 Å². The second-order valence-electron chi connectivity index (χ2n) is 8.25. The molecule has 0 spiro atoms. The number of furan rings is 1. The first-order valence-electron chi connectivity index (χ1n) is 11.3. The van der Waals surface area contributed by atoms with Crippen LogP contribution >= 0.6 is 0 Å². The summed E-state index contributed by atoms with van der Waals surface area (Å²) in [7, 11) is 3.14. The zero-order valence-electron chi connectivity index (χ0n) is 19.8. The van der Waals surface area contributed by atoms with Gasteiger partial charge in [0.1, 0.15) is 17.1 Å². The van der Waals surface area contributed by atoms with Gasteiger partial charge in [-0.2, -0.15) is 0 Å². The molecule has 7 nitrogen and oxygen atoms in total. The molecular formula is C27H29NO6. The summed E-state index contributed by atoms with van der Waals surface area (Å²) in [6.45, 7) is 3.92. The lowest BCUT2D eigenvalue weighted by Crippen LogP contribution is -2.34. The summed E-state index contributed by atoms with van der Waals surface area (Å²) in [6, 6.07) is 12.7. The molecule has 178 valence electrons. The van der Waals surface area contributed by atoms with Crippen LogP contribution in [0.5, 0.6) is 11.5 Å². The SMILES string of the molecule is CCOC(=O)[C@H](c1cc(OC)ccc1OC)[C@@H]1C=C[C@H](NC(=O)c2oc3ccccc3c2C)C1. The van der Waals surface area contributed by atoms with Crippen molar-refractivity contribution in [2.24, 2.45) is 5.92 Å². The number of para-hydroxylation sites is 1. The van der Waals surface area contributed by atoms with E-state index in [2.05, 4.69) is 5.32 Å². The van der Waals surface area contributed by atoms with Gasteiger partial charge in [0.15, 0.2) is 5.76 Å². The highest BCUT2D eigenvalue weighted by Gasteiger charge is 2.36. The van der Waals surface area contributed by atoms with Gasteiger partial charge in [0.2, 0.25) is 0 Å². The molecule has 0 aliphatic heterocycles. The first-order chi connectivity index (χ1) is 16.5.